The van der Waals surface area contributed by atoms with Gasteiger partial charge in [-0.1, -0.05) is 66.7 Å². The fraction of sp³-hybridized carbons (Fsp3) is 0.556. The van der Waals surface area contributed by atoms with E-state index in [1.165, 1.54) is 16.5 Å². The van der Waals surface area contributed by atoms with Crippen LogP contribution in [0.5, 0.6) is 5.75 Å². The van der Waals surface area contributed by atoms with Gasteiger partial charge in [0.05, 0.1) is 12.7 Å². The first-order chi connectivity index (χ1) is 14.6. The molecule has 180 valence electrons. The minimum atomic E-state index is -4.34. The highest BCUT2D eigenvalue weighted by molar-refractivity contribution is 8.16. The summed E-state index contributed by atoms with van der Waals surface area (Å²) < 4.78 is 46.8. The van der Waals surface area contributed by atoms with Gasteiger partial charge >= 0.3 is 6.18 Å². The molecule has 2 rings (SSSR count). The lowest BCUT2D eigenvalue weighted by Crippen LogP contribution is -2.21. The second-order valence-corrected chi connectivity index (χ2v) is 13.0. The Bertz CT molecular complexity index is 923. The van der Waals surface area contributed by atoms with Gasteiger partial charge in [0.15, 0.2) is 0 Å². The molecule has 0 bridgehead atoms. The van der Waals surface area contributed by atoms with E-state index in [2.05, 4.69) is 45.2 Å². The standard InChI is InChI=1S/C27H39F3OS/c1-18(2)21-12-10-20(16-22(21)27(28,29)30)26(6,7)14-15-32(9)24-13-11-19(25(3,4)5)17-23(24)31-8/h10-13,16-18,32H,14-15H2,1-9H3. The van der Waals surface area contributed by atoms with Gasteiger partial charge in [0, 0.05) is 4.90 Å². The van der Waals surface area contributed by atoms with Crippen LogP contribution in [0, 0.1) is 0 Å². The van der Waals surface area contributed by atoms with E-state index in [0.29, 0.717) is 5.56 Å². The Morgan fingerprint density at radius 3 is 2.00 bits per heavy atom. The average molecular weight is 469 g/mol. The third-order valence-corrected chi connectivity index (χ3v) is 8.38. The fourth-order valence-electron chi connectivity index (χ4n) is 3.90. The molecule has 0 aliphatic heterocycles. The summed E-state index contributed by atoms with van der Waals surface area (Å²) >= 11 is 0. The molecule has 0 saturated heterocycles. The summed E-state index contributed by atoms with van der Waals surface area (Å²) in [6, 6.07) is 11.4. The summed E-state index contributed by atoms with van der Waals surface area (Å²) in [4.78, 5) is 1.21. The maximum absolute atomic E-state index is 13.7. The van der Waals surface area contributed by atoms with Crippen molar-refractivity contribution in [3.63, 3.8) is 0 Å². The number of thiol groups is 1. The molecule has 0 heterocycles. The summed E-state index contributed by atoms with van der Waals surface area (Å²) in [6.07, 6.45) is -1.31. The summed E-state index contributed by atoms with van der Waals surface area (Å²) in [6.45, 7) is 14.2. The van der Waals surface area contributed by atoms with Crippen LogP contribution in [0.25, 0.3) is 0 Å². The zero-order chi connectivity index (χ0) is 24.5. The third-order valence-electron chi connectivity index (χ3n) is 6.29. The molecule has 2 aromatic rings. The Balaban J connectivity index is 2.27. The molecule has 0 radical (unpaired) electrons. The number of hydrogen-bond acceptors (Lipinski definition) is 1. The van der Waals surface area contributed by atoms with Crippen molar-refractivity contribution in [2.45, 2.75) is 82.7 Å². The predicted octanol–water partition coefficient (Wildman–Crippen LogP) is 8.49. The maximum Gasteiger partial charge on any atom is 0.416 e. The molecule has 0 aromatic heterocycles. The summed E-state index contributed by atoms with van der Waals surface area (Å²) in [7, 11) is 1.20. The SMILES string of the molecule is COc1cc(C(C)(C)C)ccc1[SH](C)CCC(C)(C)c1ccc(C(C)C)c(C(F)(F)F)c1. The number of benzene rings is 2. The lowest BCUT2D eigenvalue weighted by molar-refractivity contribution is -0.138. The normalized spacial score (nSPS) is 14.6. The van der Waals surface area contributed by atoms with Crippen molar-refractivity contribution in [2.24, 2.45) is 0 Å². The Morgan fingerprint density at radius 2 is 1.50 bits per heavy atom. The molecule has 0 amide bonds. The van der Waals surface area contributed by atoms with Gasteiger partial charge in [-0.15, -0.1) is 0 Å². The number of rotatable bonds is 7. The number of halogens is 3. The lowest BCUT2D eigenvalue weighted by atomic mass is 9.80. The second kappa shape index (κ2) is 9.70. The minimum Gasteiger partial charge on any atom is -0.496 e. The van der Waals surface area contributed by atoms with E-state index in [-0.39, 0.29) is 16.7 Å². The van der Waals surface area contributed by atoms with Crippen molar-refractivity contribution in [3.05, 3.63) is 58.7 Å². The van der Waals surface area contributed by atoms with Crippen molar-refractivity contribution >= 4 is 10.9 Å². The first-order valence-corrected chi connectivity index (χ1v) is 13.2. The molecular formula is C27H39F3OS. The largest absolute Gasteiger partial charge is 0.496 e. The molecule has 0 spiro atoms. The van der Waals surface area contributed by atoms with Crippen molar-refractivity contribution < 1.29 is 17.9 Å². The Hall–Kier alpha value is -1.62. The topological polar surface area (TPSA) is 9.23 Å². The molecule has 5 heteroatoms. The fourth-order valence-corrected chi connectivity index (χ4v) is 5.89. The van der Waals surface area contributed by atoms with Crippen molar-refractivity contribution in [3.8, 4) is 5.75 Å². The third kappa shape index (κ3) is 6.24. The summed E-state index contributed by atoms with van der Waals surface area (Å²) in [5, 5.41) is 0. The van der Waals surface area contributed by atoms with Crippen LogP contribution < -0.4 is 4.74 Å². The van der Waals surface area contributed by atoms with E-state index in [9.17, 15) is 13.2 Å². The zero-order valence-corrected chi connectivity index (χ0v) is 21.8. The number of ether oxygens (including phenoxy) is 1. The van der Waals surface area contributed by atoms with Gasteiger partial charge in [0.1, 0.15) is 5.75 Å². The maximum atomic E-state index is 13.7. The van der Waals surface area contributed by atoms with Gasteiger partial charge in [-0.05, 0) is 70.1 Å². The van der Waals surface area contributed by atoms with Crippen molar-refractivity contribution in [1.29, 1.82) is 0 Å². The van der Waals surface area contributed by atoms with E-state index in [1.54, 1.807) is 27.0 Å². The first-order valence-electron chi connectivity index (χ1n) is 11.2. The quantitative estimate of drug-likeness (QED) is 0.401. The highest BCUT2D eigenvalue weighted by atomic mass is 32.2. The van der Waals surface area contributed by atoms with E-state index in [1.807, 2.05) is 19.9 Å². The lowest BCUT2D eigenvalue weighted by Gasteiger charge is -2.30. The summed E-state index contributed by atoms with van der Waals surface area (Å²) in [5.41, 5.74) is 1.52. The molecule has 0 N–H and O–H groups in total. The van der Waals surface area contributed by atoms with E-state index in [0.717, 1.165) is 23.5 Å². The number of methoxy groups -OCH3 is 1. The van der Waals surface area contributed by atoms with Crippen LogP contribution in [-0.2, 0) is 17.0 Å². The molecule has 1 unspecified atom stereocenters. The first kappa shape index (κ1) is 26.6. The van der Waals surface area contributed by atoms with Gasteiger partial charge in [-0.3, -0.25) is 0 Å². The average Bonchev–Trinajstić information content (AvgIpc) is 2.69. The molecule has 0 saturated carbocycles. The van der Waals surface area contributed by atoms with E-state index >= 15 is 0 Å². The molecule has 1 nitrogen and oxygen atoms in total. The molecule has 2 aromatic carbocycles. The zero-order valence-electron chi connectivity index (χ0n) is 20.9. The van der Waals surface area contributed by atoms with Gasteiger partial charge in [0.25, 0.3) is 0 Å². The Kier molecular flexibility index (Phi) is 8.08. The highest BCUT2D eigenvalue weighted by Crippen LogP contribution is 2.44. The van der Waals surface area contributed by atoms with Crippen molar-refractivity contribution in [2.75, 3.05) is 19.1 Å². The monoisotopic (exact) mass is 468 g/mol. The van der Waals surface area contributed by atoms with Gasteiger partial charge in [-0.25, -0.2) is 10.9 Å². The molecule has 0 fully saturated rings. The Labute approximate surface area is 195 Å². The molecule has 1 atom stereocenters. The summed E-state index contributed by atoms with van der Waals surface area (Å²) in [5.74, 6) is 1.65. The molecular weight excluding hydrogens is 429 g/mol. The van der Waals surface area contributed by atoms with Gasteiger partial charge in [-0.2, -0.15) is 13.2 Å². The number of hydrogen-bond donors (Lipinski definition) is 1. The molecule has 0 aliphatic carbocycles. The highest BCUT2D eigenvalue weighted by Gasteiger charge is 2.35. The molecule has 32 heavy (non-hydrogen) atoms. The predicted molar refractivity (Wildman–Crippen MR) is 133 cm³/mol. The van der Waals surface area contributed by atoms with E-state index < -0.39 is 22.6 Å². The van der Waals surface area contributed by atoms with Crippen LogP contribution in [0.4, 0.5) is 13.2 Å². The van der Waals surface area contributed by atoms with E-state index in [4.69, 9.17) is 4.74 Å². The minimum absolute atomic E-state index is 0.0443. The van der Waals surface area contributed by atoms with Crippen LogP contribution >= 0.6 is 10.9 Å². The Morgan fingerprint density at radius 1 is 0.906 bits per heavy atom. The molecule has 0 aliphatic rings. The smallest absolute Gasteiger partial charge is 0.416 e. The van der Waals surface area contributed by atoms with Crippen LogP contribution in [0.1, 0.15) is 83.1 Å². The van der Waals surface area contributed by atoms with Crippen molar-refractivity contribution in [1.82, 2.24) is 0 Å². The van der Waals surface area contributed by atoms with Gasteiger partial charge in [0.2, 0.25) is 0 Å². The van der Waals surface area contributed by atoms with Crippen LogP contribution in [0.3, 0.4) is 0 Å². The second-order valence-electron chi connectivity index (χ2n) is 10.6. The van der Waals surface area contributed by atoms with Gasteiger partial charge < -0.3 is 4.74 Å². The van der Waals surface area contributed by atoms with Crippen LogP contribution in [0.2, 0.25) is 0 Å². The van der Waals surface area contributed by atoms with Crippen LogP contribution in [-0.4, -0.2) is 19.1 Å². The number of alkyl halides is 3. The van der Waals surface area contributed by atoms with Crippen LogP contribution in [0.15, 0.2) is 41.3 Å².